The van der Waals surface area contributed by atoms with E-state index in [1.165, 1.54) is 0 Å². The molecule has 26 heavy (non-hydrogen) atoms. The van der Waals surface area contributed by atoms with Gasteiger partial charge in [-0.05, 0) is 19.1 Å². The van der Waals surface area contributed by atoms with Crippen LogP contribution >= 0.6 is 0 Å². The van der Waals surface area contributed by atoms with Crippen molar-refractivity contribution in [2.45, 2.75) is 6.92 Å². The molecule has 3 aromatic rings. The van der Waals surface area contributed by atoms with E-state index in [0.717, 1.165) is 29.1 Å². The molecule has 0 saturated carbocycles. The zero-order chi connectivity index (χ0) is 18.8. The van der Waals surface area contributed by atoms with E-state index in [9.17, 15) is 24.8 Å². The third-order valence-corrected chi connectivity index (χ3v) is 3.86. The fourth-order valence-corrected chi connectivity index (χ4v) is 2.74. The SMILES string of the molecule is Cc1[nH]c2ccccc2c1C(=O)COC(=O)c1cc(O)cc([N+](=O)[O-])c1. The van der Waals surface area contributed by atoms with Crippen LogP contribution in [0.1, 0.15) is 26.4 Å². The number of H-pyrrole nitrogens is 1. The zero-order valence-corrected chi connectivity index (χ0v) is 13.7. The number of phenolic OH excluding ortho intramolecular Hbond substituents is 1. The maximum absolute atomic E-state index is 12.5. The molecule has 8 heteroatoms. The molecule has 0 aliphatic carbocycles. The number of rotatable bonds is 5. The second-order valence-corrected chi connectivity index (χ2v) is 5.67. The van der Waals surface area contributed by atoms with Gasteiger partial charge in [0, 0.05) is 28.2 Å². The van der Waals surface area contributed by atoms with Crippen molar-refractivity contribution in [1.29, 1.82) is 0 Å². The first-order chi connectivity index (χ1) is 12.4. The van der Waals surface area contributed by atoms with Crippen molar-refractivity contribution in [3.8, 4) is 5.75 Å². The molecule has 0 aliphatic rings. The van der Waals surface area contributed by atoms with E-state index in [4.69, 9.17) is 4.74 Å². The van der Waals surface area contributed by atoms with E-state index in [1.54, 1.807) is 19.1 Å². The highest BCUT2D eigenvalue weighted by Gasteiger charge is 2.20. The minimum absolute atomic E-state index is 0.208. The van der Waals surface area contributed by atoms with Crippen LogP contribution in [0, 0.1) is 17.0 Å². The fraction of sp³-hybridized carbons (Fsp3) is 0.111. The van der Waals surface area contributed by atoms with Crippen molar-refractivity contribution in [1.82, 2.24) is 4.98 Å². The van der Waals surface area contributed by atoms with Crippen molar-refractivity contribution < 1.29 is 24.4 Å². The summed E-state index contributed by atoms with van der Waals surface area (Å²) in [6.07, 6.45) is 0. The number of para-hydroxylation sites is 1. The van der Waals surface area contributed by atoms with E-state index >= 15 is 0 Å². The summed E-state index contributed by atoms with van der Waals surface area (Å²) in [5.74, 6) is -1.78. The van der Waals surface area contributed by atoms with E-state index in [0.29, 0.717) is 11.3 Å². The first-order valence-electron chi connectivity index (χ1n) is 7.63. The van der Waals surface area contributed by atoms with Crippen molar-refractivity contribution in [3.05, 3.63) is 69.4 Å². The summed E-state index contributed by atoms with van der Waals surface area (Å²) >= 11 is 0. The van der Waals surface area contributed by atoms with Gasteiger partial charge in [0.05, 0.1) is 16.6 Å². The summed E-state index contributed by atoms with van der Waals surface area (Å²) in [4.78, 5) is 37.7. The molecule has 0 bridgehead atoms. The fourth-order valence-electron chi connectivity index (χ4n) is 2.74. The first kappa shape index (κ1) is 17.2. The number of aryl methyl sites for hydroxylation is 1. The van der Waals surface area contributed by atoms with E-state index in [-0.39, 0.29) is 5.56 Å². The number of nitrogens with one attached hydrogen (secondary N) is 1. The molecule has 1 heterocycles. The number of aromatic hydroxyl groups is 1. The average Bonchev–Trinajstić information content (AvgIpc) is 2.94. The topological polar surface area (TPSA) is 123 Å². The van der Waals surface area contributed by atoms with Gasteiger partial charge in [0.1, 0.15) is 5.75 Å². The van der Waals surface area contributed by atoms with Gasteiger partial charge in [-0.1, -0.05) is 18.2 Å². The van der Waals surface area contributed by atoms with Crippen molar-refractivity contribution in [3.63, 3.8) is 0 Å². The lowest BCUT2D eigenvalue weighted by Gasteiger charge is -2.05. The molecule has 0 spiro atoms. The van der Waals surface area contributed by atoms with Crippen LogP contribution in [-0.4, -0.2) is 33.4 Å². The van der Waals surface area contributed by atoms with Gasteiger partial charge in [0.15, 0.2) is 6.61 Å². The lowest BCUT2D eigenvalue weighted by atomic mass is 10.1. The van der Waals surface area contributed by atoms with Gasteiger partial charge in [-0.3, -0.25) is 14.9 Å². The first-order valence-corrected chi connectivity index (χ1v) is 7.63. The third-order valence-electron chi connectivity index (χ3n) is 3.86. The Bertz CT molecular complexity index is 1040. The number of aromatic nitrogens is 1. The zero-order valence-electron chi connectivity index (χ0n) is 13.7. The number of nitro benzene ring substituents is 1. The Balaban J connectivity index is 1.78. The number of ether oxygens (including phenoxy) is 1. The predicted octanol–water partition coefficient (Wildman–Crippen LogP) is 3.13. The number of benzene rings is 2. The second kappa shape index (κ2) is 6.67. The largest absolute Gasteiger partial charge is 0.508 e. The summed E-state index contributed by atoms with van der Waals surface area (Å²) < 4.78 is 4.97. The molecule has 0 atom stereocenters. The van der Waals surface area contributed by atoms with Gasteiger partial charge in [-0.25, -0.2) is 4.79 Å². The minimum atomic E-state index is -0.935. The molecule has 0 radical (unpaired) electrons. The van der Waals surface area contributed by atoms with E-state index in [1.807, 2.05) is 12.1 Å². The number of ketones is 1. The lowest BCUT2D eigenvalue weighted by molar-refractivity contribution is -0.385. The maximum Gasteiger partial charge on any atom is 0.338 e. The van der Waals surface area contributed by atoms with E-state index in [2.05, 4.69) is 4.98 Å². The number of hydrogen-bond donors (Lipinski definition) is 2. The predicted molar refractivity (Wildman–Crippen MR) is 92.4 cm³/mol. The molecule has 3 rings (SSSR count). The summed E-state index contributed by atoms with van der Waals surface area (Å²) in [7, 11) is 0. The average molecular weight is 354 g/mol. The number of phenols is 1. The van der Waals surface area contributed by atoms with Crippen LogP contribution in [0.25, 0.3) is 10.9 Å². The van der Waals surface area contributed by atoms with Gasteiger partial charge >= 0.3 is 5.97 Å². The van der Waals surface area contributed by atoms with Crippen LogP contribution in [0.2, 0.25) is 0 Å². The number of esters is 1. The van der Waals surface area contributed by atoms with Gasteiger partial charge in [-0.2, -0.15) is 0 Å². The molecule has 8 nitrogen and oxygen atoms in total. The molecule has 0 aliphatic heterocycles. The molecular weight excluding hydrogens is 340 g/mol. The molecule has 0 amide bonds. The van der Waals surface area contributed by atoms with Gasteiger partial charge in [0.2, 0.25) is 5.78 Å². The van der Waals surface area contributed by atoms with Crippen molar-refractivity contribution in [2.75, 3.05) is 6.61 Å². The van der Waals surface area contributed by atoms with Crippen LogP contribution in [0.4, 0.5) is 5.69 Å². The molecule has 0 unspecified atom stereocenters. The highest BCUT2D eigenvalue weighted by Crippen LogP contribution is 2.24. The Kier molecular flexibility index (Phi) is 4.40. The smallest absolute Gasteiger partial charge is 0.338 e. The number of nitrogens with zero attached hydrogens (tertiary/aromatic N) is 1. The van der Waals surface area contributed by atoms with Crippen LogP contribution in [0.5, 0.6) is 5.75 Å². The molecule has 1 aromatic heterocycles. The molecule has 2 aromatic carbocycles. The highest BCUT2D eigenvalue weighted by molar-refractivity contribution is 6.10. The molecule has 132 valence electrons. The molecule has 2 N–H and O–H groups in total. The summed E-state index contributed by atoms with van der Waals surface area (Å²) in [5.41, 5.74) is 1.22. The van der Waals surface area contributed by atoms with Crippen LogP contribution in [0.3, 0.4) is 0 Å². The van der Waals surface area contributed by atoms with Gasteiger partial charge in [0.25, 0.3) is 5.69 Å². The number of carbonyl (C=O) groups is 2. The Morgan fingerprint density at radius 1 is 1.23 bits per heavy atom. The summed E-state index contributed by atoms with van der Waals surface area (Å²) in [6, 6.07) is 10.2. The summed E-state index contributed by atoms with van der Waals surface area (Å²) in [5, 5.41) is 21.0. The molecule has 0 fully saturated rings. The normalized spacial score (nSPS) is 10.7. The standard InChI is InChI=1S/C18H14N2O6/c1-10-17(14-4-2-3-5-15(14)19-10)16(22)9-26-18(23)11-6-12(20(24)25)8-13(21)7-11/h2-8,19,21H,9H2,1H3. The third kappa shape index (κ3) is 3.25. The Morgan fingerprint density at radius 2 is 1.96 bits per heavy atom. The number of non-ortho nitro benzene ring substituents is 1. The molecular formula is C18H14N2O6. The quantitative estimate of drug-likeness (QED) is 0.314. The Hall–Kier alpha value is -3.68. The Morgan fingerprint density at radius 3 is 2.69 bits per heavy atom. The highest BCUT2D eigenvalue weighted by atomic mass is 16.6. The van der Waals surface area contributed by atoms with Crippen LogP contribution in [-0.2, 0) is 4.74 Å². The summed E-state index contributed by atoms with van der Waals surface area (Å²) in [6.45, 7) is 1.22. The minimum Gasteiger partial charge on any atom is -0.508 e. The number of hydrogen-bond acceptors (Lipinski definition) is 6. The van der Waals surface area contributed by atoms with Crippen molar-refractivity contribution >= 4 is 28.3 Å². The van der Waals surface area contributed by atoms with Crippen LogP contribution in [0.15, 0.2) is 42.5 Å². The molecule has 0 saturated heterocycles. The number of aromatic amines is 1. The van der Waals surface area contributed by atoms with Gasteiger partial charge < -0.3 is 14.8 Å². The monoisotopic (exact) mass is 354 g/mol. The van der Waals surface area contributed by atoms with E-state index < -0.39 is 34.7 Å². The number of nitro groups is 1. The number of Topliss-reactive ketones (excluding diaryl/α,β-unsaturated/α-hetero) is 1. The Labute approximate surface area is 147 Å². The van der Waals surface area contributed by atoms with Gasteiger partial charge in [-0.15, -0.1) is 0 Å². The second-order valence-electron chi connectivity index (χ2n) is 5.67. The van der Waals surface area contributed by atoms with Crippen molar-refractivity contribution in [2.24, 2.45) is 0 Å². The lowest BCUT2D eigenvalue weighted by Crippen LogP contribution is -2.15. The number of carbonyl (C=O) groups excluding carboxylic acids is 2. The number of fused-ring (bicyclic) bond motifs is 1. The maximum atomic E-state index is 12.5. The van der Waals surface area contributed by atoms with Crippen LogP contribution < -0.4 is 0 Å².